The molecule has 100 valence electrons. The summed E-state index contributed by atoms with van der Waals surface area (Å²) in [5, 5.41) is 10.8. The van der Waals surface area contributed by atoms with Crippen LogP contribution in [-0.4, -0.2) is 31.2 Å². The zero-order valence-electron chi connectivity index (χ0n) is 10.4. The van der Waals surface area contributed by atoms with Gasteiger partial charge in [-0.2, -0.15) is 0 Å². The first kappa shape index (κ1) is 13.2. The van der Waals surface area contributed by atoms with Gasteiger partial charge in [-0.1, -0.05) is 6.08 Å². The van der Waals surface area contributed by atoms with Gasteiger partial charge in [0.25, 0.3) is 5.69 Å². The minimum atomic E-state index is -0.578. The van der Waals surface area contributed by atoms with Crippen LogP contribution in [0.5, 0.6) is 0 Å². The van der Waals surface area contributed by atoms with Crippen molar-refractivity contribution in [3.8, 4) is 0 Å². The summed E-state index contributed by atoms with van der Waals surface area (Å²) in [7, 11) is 1.25. The average molecular weight is 263 g/mol. The lowest BCUT2D eigenvalue weighted by Crippen LogP contribution is -2.10. The molecular weight excluding hydrogens is 250 g/mol. The Kier molecular flexibility index (Phi) is 3.91. The lowest BCUT2D eigenvalue weighted by Gasteiger charge is -2.16. The Hall–Kier alpha value is -2.21. The normalized spacial score (nSPS) is 14.7. The Morgan fingerprint density at radius 2 is 2.26 bits per heavy atom. The van der Waals surface area contributed by atoms with Crippen LogP contribution in [0.25, 0.3) is 5.57 Å². The number of rotatable bonds is 3. The van der Waals surface area contributed by atoms with Crippen molar-refractivity contribution in [3.05, 3.63) is 45.5 Å². The number of hydrogen-bond acceptors (Lipinski definition) is 5. The third-order valence-corrected chi connectivity index (χ3v) is 2.93. The maximum absolute atomic E-state index is 11.7. The van der Waals surface area contributed by atoms with Crippen LogP contribution in [0.2, 0.25) is 0 Å². The smallest absolute Gasteiger partial charge is 0.338 e. The van der Waals surface area contributed by atoms with Gasteiger partial charge < -0.3 is 9.47 Å². The van der Waals surface area contributed by atoms with Crippen LogP contribution >= 0.6 is 0 Å². The van der Waals surface area contributed by atoms with Gasteiger partial charge in [0, 0.05) is 12.1 Å². The summed E-state index contributed by atoms with van der Waals surface area (Å²) in [6.07, 6.45) is 2.54. The molecule has 19 heavy (non-hydrogen) atoms. The number of carbonyl (C=O) groups is 1. The largest absolute Gasteiger partial charge is 0.465 e. The third-order valence-electron chi connectivity index (χ3n) is 2.93. The van der Waals surface area contributed by atoms with E-state index in [1.165, 1.54) is 19.2 Å². The Balaban J connectivity index is 2.50. The maximum atomic E-state index is 11.7. The van der Waals surface area contributed by atoms with Gasteiger partial charge in [0.1, 0.15) is 0 Å². The molecule has 2 rings (SSSR count). The number of carbonyl (C=O) groups excluding carboxylic acids is 1. The second-order valence-corrected chi connectivity index (χ2v) is 4.03. The minimum absolute atomic E-state index is 0.128. The van der Waals surface area contributed by atoms with Gasteiger partial charge in [0.15, 0.2) is 0 Å². The Labute approximate surface area is 109 Å². The monoisotopic (exact) mass is 263 g/mol. The van der Waals surface area contributed by atoms with Crippen molar-refractivity contribution >= 4 is 17.2 Å². The fraction of sp³-hybridized carbons (Fsp3) is 0.308. The molecule has 0 N–H and O–H groups in total. The van der Waals surface area contributed by atoms with Crippen molar-refractivity contribution in [1.82, 2.24) is 0 Å². The Morgan fingerprint density at radius 3 is 2.84 bits per heavy atom. The van der Waals surface area contributed by atoms with Gasteiger partial charge in [-0.25, -0.2) is 4.79 Å². The molecule has 1 heterocycles. The third kappa shape index (κ3) is 2.79. The molecule has 0 saturated heterocycles. The first-order valence-electron chi connectivity index (χ1n) is 5.77. The number of nitro groups is 1. The van der Waals surface area contributed by atoms with E-state index in [4.69, 9.17) is 4.74 Å². The number of benzene rings is 1. The molecule has 1 aromatic carbocycles. The van der Waals surface area contributed by atoms with E-state index in [1.807, 2.05) is 6.08 Å². The molecule has 0 unspecified atom stereocenters. The fourth-order valence-corrected chi connectivity index (χ4v) is 1.98. The van der Waals surface area contributed by atoms with Crippen LogP contribution in [-0.2, 0) is 9.47 Å². The first-order chi connectivity index (χ1) is 9.13. The van der Waals surface area contributed by atoms with E-state index in [-0.39, 0.29) is 11.3 Å². The van der Waals surface area contributed by atoms with E-state index < -0.39 is 10.9 Å². The number of esters is 1. The van der Waals surface area contributed by atoms with Gasteiger partial charge in [0.05, 0.1) is 30.8 Å². The predicted molar refractivity (Wildman–Crippen MR) is 67.8 cm³/mol. The van der Waals surface area contributed by atoms with Gasteiger partial charge in [-0.05, 0) is 23.6 Å². The molecule has 0 atom stereocenters. The van der Waals surface area contributed by atoms with Crippen molar-refractivity contribution in [3.63, 3.8) is 0 Å². The van der Waals surface area contributed by atoms with Crippen LogP contribution in [0.15, 0.2) is 24.3 Å². The molecule has 6 heteroatoms. The number of non-ortho nitro benzene ring substituents is 1. The van der Waals surface area contributed by atoms with Crippen LogP contribution in [0.1, 0.15) is 22.3 Å². The first-order valence-corrected chi connectivity index (χ1v) is 5.77. The standard InChI is InChI=1S/C13H13NO5/c1-18-13(15)12-8-10(14(16)17)2-3-11(12)9-4-6-19-7-5-9/h2-4,8H,5-7H2,1H3. The summed E-state index contributed by atoms with van der Waals surface area (Å²) in [6.45, 7) is 1.05. The molecule has 0 bridgehead atoms. The highest BCUT2D eigenvalue weighted by molar-refractivity contribution is 5.96. The highest BCUT2D eigenvalue weighted by Gasteiger charge is 2.20. The number of hydrogen-bond donors (Lipinski definition) is 0. The van der Waals surface area contributed by atoms with E-state index in [0.717, 1.165) is 5.57 Å². The molecule has 0 amide bonds. The van der Waals surface area contributed by atoms with E-state index >= 15 is 0 Å². The second kappa shape index (κ2) is 5.62. The van der Waals surface area contributed by atoms with E-state index in [2.05, 4.69) is 4.74 Å². The zero-order valence-corrected chi connectivity index (χ0v) is 10.4. The summed E-state index contributed by atoms with van der Waals surface area (Å²) in [5.41, 5.74) is 1.70. The Bertz CT molecular complexity index is 550. The quantitative estimate of drug-likeness (QED) is 0.474. The van der Waals surface area contributed by atoms with Gasteiger partial charge >= 0.3 is 5.97 Å². The minimum Gasteiger partial charge on any atom is -0.465 e. The average Bonchev–Trinajstić information content (AvgIpc) is 2.46. The van der Waals surface area contributed by atoms with Crippen molar-refractivity contribution in [1.29, 1.82) is 0 Å². The number of methoxy groups -OCH3 is 1. The summed E-state index contributed by atoms with van der Waals surface area (Å²) in [5.74, 6) is -0.578. The summed E-state index contributed by atoms with van der Waals surface area (Å²) in [6, 6.07) is 4.22. The van der Waals surface area contributed by atoms with Gasteiger partial charge in [-0.15, -0.1) is 0 Å². The molecule has 0 aromatic heterocycles. The van der Waals surface area contributed by atoms with Crippen molar-refractivity contribution in [2.45, 2.75) is 6.42 Å². The van der Waals surface area contributed by atoms with Gasteiger partial charge in [-0.3, -0.25) is 10.1 Å². The molecule has 6 nitrogen and oxygen atoms in total. The molecule has 0 spiro atoms. The van der Waals surface area contributed by atoms with Crippen LogP contribution in [0, 0.1) is 10.1 Å². The SMILES string of the molecule is COC(=O)c1cc([N+](=O)[O-])ccc1C1=CCOCC1. The summed E-state index contributed by atoms with van der Waals surface area (Å²) < 4.78 is 9.89. The molecule has 1 aliphatic heterocycles. The second-order valence-electron chi connectivity index (χ2n) is 4.03. The van der Waals surface area contributed by atoms with Crippen LogP contribution in [0.4, 0.5) is 5.69 Å². The van der Waals surface area contributed by atoms with E-state index in [9.17, 15) is 14.9 Å². The van der Waals surface area contributed by atoms with E-state index in [1.54, 1.807) is 6.07 Å². The maximum Gasteiger partial charge on any atom is 0.338 e. The molecule has 0 aliphatic carbocycles. The summed E-state index contributed by atoms with van der Waals surface area (Å²) in [4.78, 5) is 22.0. The summed E-state index contributed by atoms with van der Waals surface area (Å²) >= 11 is 0. The fourth-order valence-electron chi connectivity index (χ4n) is 1.98. The molecule has 1 aromatic rings. The van der Waals surface area contributed by atoms with Gasteiger partial charge in [0.2, 0.25) is 0 Å². The molecule has 1 aliphatic rings. The molecular formula is C13H13NO5. The lowest BCUT2D eigenvalue weighted by molar-refractivity contribution is -0.384. The number of nitrogens with zero attached hydrogens (tertiary/aromatic N) is 1. The topological polar surface area (TPSA) is 78.7 Å². The van der Waals surface area contributed by atoms with Crippen LogP contribution < -0.4 is 0 Å². The highest BCUT2D eigenvalue weighted by Crippen LogP contribution is 2.28. The van der Waals surface area contributed by atoms with Crippen molar-refractivity contribution < 1.29 is 19.2 Å². The predicted octanol–water partition coefficient (Wildman–Crippen LogP) is 2.19. The Morgan fingerprint density at radius 1 is 1.47 bits per heavy atom. The van der Waals surface area contributed by atoms with Crippen molar-refractivity contribution in [2.24, 2.45) is 0 Å². The zero-order chi connectivity index (χ0) is 13.8. The molecule has 0 saturated carbocycles. The molecule has 0 fully saturated rings. The van der Waals surface area contributed by atoms with Crippen molar-refractivity contribution in [2.75, 3.05) is 20.3 Å². The lowest BCUT2D eigenvalue weighted by atomic mass is 9.96. The number of nitro benzene ring substituents is 1. The number of ether oxygens (including phenoxy) is 2. The van der Waals surface area contributed by atoms with Crippen LogP contribution in [0.3, 0.4) is 0 Å². The highest BCUT2D eigenvalue weighted by atomic mass is 16.6. The van der Waals surface area contributed by atoms with E-state index in [0.29, 0.717) is 25.2 Å². The molecule has 0 radical (unpaired) electrons.